The van der Waals surface area contributed by atoms with E-state index in [1.807, 2.05) is 0 Å². The van der Waals surface area contributed by atoms with Gasteiger partial charge in [0.2, 0.25) is 11.8 Å². The zero-order chi connectivity index (χ0) is 16.6. The van der Waals surface area contributed by atoms with Gasteiger partial charge in [-0.25, -0.2) is 4.39 Å². The van der Waals surface area contributed by atoms with Crippen LogP contribution in [0.2, 0.25) is 0 Å². The molecule has 1 saturated carbocycles. The molecule has 124 valence electrons. The summed E-state index contributed by atoms with van der Waals surface area (Å²) >= 11 is 0. The van der Waals surface area contributed by atoms with Crippen LogP contribution in [0.5, 0.6) is 0 Å². The third-order valence-electron chi connectivity index (χ3n) is 4.78. The molecule has 2 fully saturated rings. The van der Waals surface area contributed by atoms with Gasteiger partial charge in [-0.1, -0.05) is 18.2 Å². The first kappa shape index (κ1) is 15.9. The SMILES string of the molecule is CC(=O)N1CCN(C(=O)C2(c3ccccc3F)CC2)CC(O)C1. The van der Waals surface area contributed by atoms with Gasteiger partial charge in [-0.15, -0.1) is 0 Å². The average Bonchev–Trinajstić information content (AvgIpc) is 3.31. The molecule has 6 heteroatoms. The van der Waals surface area contributed by atoms with Gasteiger partial charge in [0, 0.05) is 38.7 Å². The number of carbonyl (C=O) groups excluding carboxylic acids is 2. The first-order valence-electron chi connectivity index (χ1n) is 7.92. The standard InChI is InChI=1S/C17H21FN2O3/c1-12(21)19-8-9-20(11-13(22)10-19)16(23)17(6-7-17)14-4-2-3-5-15(14)18/h2-5,13,22H,6-11H2,1H3. The highest BCUT2D eigenvalue weighted by atomic mass is 19.1. The Kier molecular flexibility index (Phi) is 4.10. The molecule has 1 aromatic rings. The van der Waals surface area contributed by atoms with E-state index >= 15 is 0 Å². The molecule has 1 N–H and O–H groups in total. The Bertz CT molecular complexity index is 630. The number of nitrogens with zero attached hydrogens (tertiary/aromatic N) is 2. The van der Waals surface area contributed by atoms with Gasteiger partial charge in [0.05, 0.1) is 11.5 Å². The van der Waals surface area contributed by atoms with Crippen LogP contribution in [-0.2, 0) is 15.0 Å². The Morgan fingerprint density at radius 3 is 2.39 bits per heavy atom. The molecule has 0 bridgehead atoms. The van der Waals surface area contributed by atoms with E-state index in [2.05, 4.69) is 0 Å². The highest BCUT2D eigenvalue weighted by molar-refractivity contribution is 5.91. The predicted octanol–water partition coefficient (Wildman–Crippen LogP) is 0.909. The van der Waals surface area contributed by atoms with Crippen LogP contribution in [0.15, 0.2) is 24.3 Å². The van der Waals surface area contributed by atoms with Crippen LogP contribution in [0.4, 0.5) is 4.39 Å². The number of hydrogen-bond donors (Lipinski definition) is 1. The third-order valence-corrected chi connectivity index (χ3v) is 4.78. The number of β-amino-alcohol motifs (C(OH)–C–C–N with tert-alkyl or cyclic N) is 1. The molecule has 1 unspecified atom stereocenters. The van der Waals surface area contributed by atoms with E-state index in [4.69, 9.17) is 0 Å². The highest BCUT2D eigenvalue weighted by Crippen LogP contribution is 2.50. The van der Waals surface area contributed by atoms with Gasteiger partial charge >= 0.3 is 0 Å². The van der Waals surface area contributed by atoms with Gasteiger partial charge in [-0.3, -0.25) is 9.59 Å². The lowest BCUT2D eigenvalue weighted by Crippen LogP contribution is -2.43. The minimum atomic E-state index is -0.795. The first-order valence-corrected chi connectivity index (χ1v) is 7.92. The minimum absolute atomic E-state index is 0.117. The lowest BCUT2D eigenvalue weighted by atomic mass is 9.93. The van der Waals surface area contributed by atoms with E-state index < -0.39 is 11.5 Å². The van der Waals surface area contributed by atoms with Crippen LogP contribution in [0.3, 0.4) is 0 Å². The van der Waals surface area contributed by atoms with Gasteiger partial charge in [-0.05, 0) is 18.9 Å². The second-order valence-corrected chi connectivity index (χ2v) is 6.43. The minimum Gasteiger partial charge on any atom is -0.389 e. The fraction of sp³-hybridized carbons (Fsp3) is 0.529. The van der Waals surface area contributed by atoms with Crippen molar-refractivity contribution in [1.82, 2.24) is 9.80 Å². The van der Waals surface area contributed by atoms with Crippen molar-refractivity contribution < 1.29 is 19.1 Å². The Hall–Kier alpha value is -1.95. The lowest BCUT2D eigenvalue weighted by molar-refractivity contribution is -0.135. The van der Waals surface area contributed by atoms with Crippen LogP contribution < -0.4 is 0 Å². The second kappa shape index (κ2) is 5.92. The number of amides is 2. The van der Waals surface area contributed by atoms with Gasteiger partial charge in [-0.2, -0.15) is 0 Å². The van der Waals surface area contributed by atoms with Crippen LogP contribution in [0.25, 0.3) is 0 Å². The molecule has 1 aromatic carbocycles. The van der Waals surface area contributed by atoms with Crippen LogP contribution in [-0.4, -0.2) is 59.0 Å². The Balaban J connectivity index is 1.80. The zero-order valence-corrected chi connectivity index (χ0v) is 13.2. The fourth-order valence-corrected chi connectivity index (χ4v) is 3.34. The quantitative estimate of drug-likeness (QED) is 0.881. The molecule has 3 rings (SSSR count). The zero-order valence-electron chi connectivity index (χ0n) is 13.2. The summed E-state index contributed by atoms with van der Waals surface area (Å²) in [6.45, 7) is 2.62. The van der Waals surface area contributed by atoms with Gasteiger partial charge in [0.1, 0.15) is 5.82 Å². The predicted molar refractivity (Wildman–Crippen MR) is 82.2 cm³/mol. The molecular weight excluding hydrogens is 299 g/mol. The van der Waals surface area contributed by atoms with Crippen molar-refractivity contribution in [3.8, 4) is 0 Å². The van der Waals surface area contributed by atoms with Crippen molar-refractivity contribution in [2.45, 2.75) is 31.3 Å². The second-order valence-electron chi connectivity index (χ2n) is 6.43. The molecule has 23 heavy (non-hydrogen) atoms. The number of aliphatic hydroxyl groups excluding tert-OH is 1. The molecule has 1 aliphatic heterocycles. The van der Waals surface area contributed by atoms with Crippen molar-refractivity contribution in [3.63, 3.8) is 0 Å². The molecular formula is C17H21FN2O3. The number of rotatable bonds is 2. The van der Waals surface area contributed by atoms with Crippen molar-refractivity contribution >= 4 is 11.8 Å². The molecule has 0 radical (unpaired) electrons. The maximum absolute atomic E-state index is 14.1. The Labute approximate surface area is 134 Å². The van der Waals surface area contributed by atoms with Crippen molar-refractivity contribution in [3.05, 3.63) is 35.6 Å². The molecule has 0 spiro atoms. The number of hydrogen-bond acceptors (Lipinski definition) is 3. The molecule has 2 aliphatic rings. The van der Waals surface area contributed by atoms with Crippen LogP contribution in [0, 0.1) is 5.82 Å². The summed E-state index contributed by atoms with van der Waals surface area (Å²) < 4.78 is 14.1. The molecule has 5 nitrogen and oxygen atoms in total. The normalized spacial score (nSPS) is 23.3. The van der Waals surface area contributed by atoms with Crippen molar-refractivity contribution in [1.29, 1.82) is 0 Å². The fourth-order valence-electron chi connectivity index (χ4n) is 3.34. The topological polar surface area (TPSA) is 60.9 Å². The average molecular weight is 320 g/mol. The van der Waals surface area contributed by atoms with E-state index in [9.17, 15) is 19.1 Å². The Morgan fingerprint density at radius 1 is 1.17 bits per heavy atom. The summed E-state index contributed by atoms with van der Waals surface area (Å²) in [6, 6.07) is 6.38. The van der Waals surface area contributed by atoms with Crippen LogP contribution >= 0.6 is 0 Å². The number of carbonyl (C=O) groups is 2. The monoisotopic (exact) mass is 320 g/mol. The summed E-state index contributed by atoms with van der Waals surface area (Å²) in [6.07, 6.45) is 0.465. The van der Waals surface area contributed by atoms with Gasteiger partial charge in [0.25, 0.3) is 0 Å². The van der Waals surface area contributed by atoms with E-state index in [0.717, 1.165) is 0 Å². The summed E-state index contributed by atoms with van der Waals surface area (Å²) in [7, 11) is 0. The van der Waals surface area contributed by atoms with E-state index in [1.165, 1.54) is 13.0 Å². The van der Waals surface area contributed by atoms with E-state index in [1.54, 1.807) is 28.0 Å². The van der Waals surface area contributed by atoms with Gasteiger partial charge < -0.3 is 14.9 Å². The molecule has 1 aliphatic carbocycles. The Morgan fingerprint density at radius 2 is 1.78 bits per heavy atom. The highest BCUT2D eigenvalue weighted by Gasteiger charge is 2.54. The molecule has 1 heterocycles. The van der Waals surface area contributed by atoms with E-state index in [-0.39, 0.29) is 30.7 Å². The lowest BCUT2D eigenvalue weighted by Gasteiger charge is -2.27. The first-order chi connectivity index (χ1) is 10.9. The summed E-state index contributed by atoms with van der Waals surface area (Å²) in [4.78, 5) is 27.6. The smallest absolute Gasteiger partial charge is 0.233 e. The molecule has 1 atom stereocenters. The van der Waals surface area contributed by atoms with Crippen molar-refractivity contribution in [2.75, 3.05) is 26.2 Å². The summed E-state index contributed by atoms with van der Waals surface area (Å²) in [5.74, 6) is -0.625. The molecule has 0 aromatic heterocycles. The molecule has 1 saturated heterocycles. The van der Waals surface area contributed by atoms with Gasteiger partial charge in [0.15, 0.2) is 0 Å². The van der Waals surface area contributed by atoms with Crippen LogP contribution in [0.1, 0.15) is 25.3 Å². The number of halogens is 1. The summed E-state index contributed by atoms with van der Waals surface area (Å²) in [5.41, 5.74) is -0.358. The largest absolute Gasteiger partial charge is 0.389 e. The maximum Gasteiger partial charge on any atom is 0.233 e. The molecule has 2 amide bonds. The van der Waals surface area contributed by atoms with E-state index in [0.29, 0.717) is 31.5 Å². The number of aliphatic hydroxyl groups is 1. The number of benzene rings is 1. The summed E-state index contributed by atoms with van der Waals surface area (Å²) in [5, 5.41) is 10.1. The maximum atomic E-state index is 14.1. The third kappa shape index (κ3) is 2.95. The van der Waals surface area contributed by atoms with Crippen molar-refractivity contribution in [2.24, 2.45) is 0 Å².